The van der Waals surface area contributed by atoms with Gasteiger partial charge in [0.25, 0.3) is 5.91 Å². The molecule has 2 heterocycles. The molecule has 0 saturated carbocycles. The Morgan fingerprint density at radius 3 is 2.68 bits per heavy atom. The van der Waals surface area contributed by atoms with Crippen molar-refractivity contribution in [1.82, 2.24) is 4.98 Å². The Balaban J connectivity index is 1.61. The Hall–Kier alpha value is -2.88. The standard InChI is InChI=1S/C22H19N3O3S3/c1-16-9-10-19-20(14-16)30-22(24-19)25(23-15-17-6-5-12-29-17)21(26)11-13-31(27,28)18-7-3-2-4-8-18/h2-10,12,14-15H,11,13H2,1H3/b23-15+. The van der Waals surface area contributed by atoms with E-state index in [0.717, 1.165) is 20.7 Å². The number of amides is 1. The lowest BCUT2D eigenvalue weighted by Gasteiger charge is -2.13. The van der Waals surface area contributed by atoms with E-state index in [4.69, 9.17) is 0 Å². The van der Waals surface area contributed by atoms with Crippen molar-refractivity contribution in [1.29, 1.82) is 0 Å². The van der Waals surface area contributed by atoms with Crippen LogP contribution in [0, 0.1) is 6.92 Å². The molecule has 0 unspecified atom stereocenters. The average Bonchev–Trinajstić information content (AvgIpc) is 3.42. The normalized spacial score (nSPS) is 11.9. The molecule has 0 bridgehead atoms. The molecule has 0 N–H and O–H groups in total. The molecule has 0 fully saturated rings. The summed E-state index contributed by atoms with van der Waals surface area (Å²) in [4.78, 5) is 18.7. The molecule has 6 nitrogen and oxygen atoms in total. The number of carbonyl (C=O) groups is 1. The summed E-state index contributed by atoms with van der Waals surface area (Å²) in [5.74, 6) is -0.728. The number of sulfone groups is 1. The molecule has 0 aliphatic rings. The van der Waals surface area contributed by atoms with E-state index in [1.165, 1.54) is 39.8 Å². The predicted octanol–water partition coefficient (Wildman–Crippen LogP) is 4.90. The summed E-state index contributed by atoms with van der Waals surface area (Å²) in [6.45, 7) is 1.99. The van der Waals surface area contributed by atoms with Gasteiger partial charge in [0.15, 0.2) is 9.84 Å². The SMILES string of the molecule is Cc1ccc2nc(N(/N=C/c3cccs3)C(=O)CCS(=O)(=O)c3ccccc3)sc2c1. The molecule has 2 aromatic heterocycles. The number of thiophene rings is 1. The number of fused-ring (bicyclic) bond motifs is 1. The summed E-state index contributed by atoms with van der Waals surface area (Å²) in [5.41, 5.74) is 1.86. The zero-order valence-electron chi connectivity index (χ0n) is 16.6. The summed E-state index contributed by atoms with van der Waals surface area (Å²) in [5, 5.41) is 7.89. The third-order valence-corrected chi connectivity index (χ3v) is 8.01. The van der Waals surface area contributed by atoms with Crippen LogP contribution in [0.3, 0.4) is 0 Å². The highest BCUT2D eigenvalue weighted by Crippen LogP contribution is 2.30. The largest absolute Gasteiger partial charge is 0.272 e. The Labute approximate surface area is 188 Å². The number of hydrogen-bond acceptors (Lipinski definition) is 7. The highest BCUT2D eigenvalue weighted by atomic mass is 32.2. The van der Waals surface area contributed by atoms with E-state index in [2.05, 4.69) is 10.1 Å². The molecule has 0 aliphatic carbocycles. The van der Waals surface area contributed by atoms with Gasteiger partial charge in [0.05, 0.1) is 27.1 Å². The number of aryl methyl sites for hydroxylation is 1. The molecular weight excluding hydrogens is 450 g/mol. The Kier molecular flexibility index (Phi) is 6.26. The maximum absolute atomic E-state index is 13.0. The third-order valence-electron chi connectivity index (χ3n) is 4.48. The van der Waals surface area contributed by atoms with Gasteiger partial charge in [-0.1, -0.05) is 41.7 Å². The first-order chi connectivity index (χ1) is 14.9. The number of benzene rings is 2. The van der Waals surface area contributed by atoms with Crippen LogP contribution in [0.2, 0.25) is 0 Å². The lowest BCUT2D eigenvalue weighted by Crippen LogP contribution is -2.27. The molecule has 31 heavy (non-hydrogen) atoms. The van der Waals surface area contributed by atoms with E-state index in [1.807, 2.05) is 42.6 Å². The van der Waals surface area contributed by atoms with Crippen LogP contribution in [0.5, 0.6) is 0 Å². The molecule has 0 atom stereocenters. The second-order valence-corrected chi connectivity index (χ2v) is 10.9. The highest BCUT2D eigenvalue weighted by Gasteiger charge is 2.23. The minimum atomic E-state index is -3.57. The van der Waals surface area contributed by atoms with Gasteiger partial charge >= 0.3 is 0 Å². The summed E-state index contributed by atoms with van der Waals surface area (Å²) in [6.07, 6.45) is 1.39. The zero-order valence-corrected chi connectivity index (χ0v) is 19.1. The maximum Gasteiger partial charge on any atom is 0.250 e. The third kappa shape index (κ3) is 5.07. The summed E-state index contributed by atoms with van der Waals surface area (Å²) >= 11 is 2.84. The minimum Gasteiger partial charge on any atom is -0.272 e. The first-order valence-corrected chi connectivity index (χ1v) is 12.8. The van der Waals surface area contributed by atoms with Gasteiger partial charge < -0.3 is 0 Å². The van der Waals surface area contributed by atoms with Gasteiger partial charge in [-0.3, -0.25) is 4.79 Å². The number of rotatable bonds is 7. The van der Waals surface area contributed by atoms with Crippen molar-refractivity contribution in [2.45, 2.75) is 18.2 Å². The van der Waals surface area contributed by atoms with E-state index in [-0.39, 0.29) is 17.1 Å². The molecule has 0 radical (unpaired) electrons. The van der Waals surface area contributed by atoms with E-state index in [0.29, 0.717) is 5.13 Å². The lowest BCUT2D eigenvalue weighted by atomic mass is 10.2. The quantitative estimate of drug-likeness (QED) is 0.285. The topological polar surface area (TPSA) is 79.7 Å². The van der Waals surface area contributed by atoms with Gasteiger partial charge in [0.1, 0.15) is 0 Å². The number of carbonyl (C=O) groups excluding carboxylic acids is 1. The summed E-state index contributed by atoms with van der Waals surface area (Å²) in [6, 6.07) is 17.8. The van der Waals surface area contributed by atoms with Crippen LogP contribution in [-0.2, 0) is 14.6 Å². The Morgan fingerprint density at radius 1 is 1.13 bits per heavy atom. The van der Waals surface area contributed by atoms with Crippen molar-refractivity contribution in [3.8, 4) is 0 Å². The Bertz CT molecular complexity index is 1330. The van der Waals surface area contributed by atoms with Crippen molar-refractivity contribution < 1.29 is 13.2 Å². The zero-order chi connectivity index (χ0) is 21.8. The molecule has 2 aromatic carbocycles. The molecule has 4 rings (SSSR count). The van der Waals surface area contributed by atoms with Crippen LogP contribution in [0.15, 0.2) is 76.0 Å². The minimum absolute atomic E-state index is 0.200. The lowest BCUT2D eigenvalue weighted by molar-refractivity contribution is -0.118. The van der Waals surface area contributed by atoms with Crippen molar-refractivity contribution >= 4 is 60.0 Å². The van der Waals surface area contributed by atoms with Crippen LogP contribution in [0.1, 0.15) is 16.9 Å². The molecule has 0 saturated heterocycles. The highest BCUT2D eigenvalue weighted by molar-refractivity contribution is 7.91. The molecule has 0 aliphatic heterocycles. The monoisotopic (exact) mass is 469 g/mol. The second-order valence-electron chi connectivity index (χ2n) is 6.82. The van der Waals surface area contributed by atoms with Crippen molar-refractivity contribution in [3.05, 3.63) is 76.5 Å². The molecule has 0 spiro atoms. The molecular formula is C22H19N3O3S3. The smallest absolute Gasteiger partial charge is 0.250 e. The maximum atomic E-state index is 13.0. The predicted molar refractivity (Wildman–Crippen MR) is 127 cm³/mol. The first kappa shape index (κ1) is 21.4. The van der Waals surface area contributed by atoms with Crippen molar-refractivity contribution in [2.24, 2.45) is 5.10 Å². The van der Waals surface area contributed by atoms with E-state index >= 15 is 0 Å². The fourth-order valence-electron chi connectivity index (χ4n) is 2.88. The van der Waals surface area contributed by atoms with Gasteiger partial charge in [-0.2, -0.15) is 10.1 Å². The first-order valence-electron chi connectivity index (χ1n) is 9.48. The number of thiazole rings is 1. The van der Waals surface area contributed by atoms with Gasteiger partial charge in [0.2, 0.25) is 5.13 Å². The number of anilines is 1. The summed E-state index contributed by atoms with van der Waals surface area (Å²) in [7, 11) is -3.57. The molecule has 1 amide bonds. The van der Waals surface area contributed by atoms with Gasteiger partial charge in [-0.25, -0.2) is 13.4 Å². The van der Waals surface area contributed by atoms with Crippen LogP contribution >= 0.6 is 22.7 Å². The van der Waals surface area contributed by atoms with Crippen molar-refractivity contribution in [3.63, 3.8) is 0 Å². The average molecular weight is 470 g/mol. The van der Waals surface area contributed by atoms with Gasteiger partial charge in [-0.15, -0.1) is 11.3 Å². The van der Waals surface area contributed by atoms with Crippen LogP contribution in [0.4, 0.5) is 5.13 Å². The van der Waals surface area contributed by atoms with Crippen LogP contribution in [-0.4, -0.2) is 31.3 Å². The van der Waals surface area contributed by atoms with Crippen LogP contribution in [0.25, 0.3) is 10.2 Å². The number of aromatic nitrogens is 1. The number of hydrogen-bond donors (Lipinski definition) is 0. The fourth-order valence-corrected chi connectivity index (χ4v) is 5.75. The Morgan fingerprint density at radius 2 is 1.94 bits per heavy atom. The van der Waals surface area contributed by atoms with Crippen molar-refractivity contribution in [2.75, 3.05) is 10.8 Å². The van der Waals surface area contributed by atoms with Crippen LogP contribution < -0.4 is 5.01 Å². The van der Waals surface area contributed by atoms with E-state index in [9.17, 15) is 13.2 Å². The molecule has 4 aromatic rings. The fraction of sp³-hybridized carbons (Fsp3) is 0.136. The summed E-state index contributed by atoms with van der Waals surface area (Å²) < 4.78 is 26.1. The molecule has 158 valence electrons. The van der Waals surface area contributed by atoms with E-state index < -0.39 is 15.7 Å². The number of hydrazone groups is 1. The second kappa shape index (κ2) is 9.09. The van der Waals surface area contributed by atoms with Gasteiger partial charge in [-0.05, 0) is 48.2 Å². The number of nitrogens with zero attached hydrogens (tertiary/aromatic N) is 3. The van der Waals surface area contributed by atoms with Gasteiger partial charge in [0, 0.05) is 11.3 Å². The van der Waals surface area contributed by atoms with E-state index in [1.54, 1.807) is 24.4 Å². The molecule has 9 heteroatoms.